The van der Waals surface area contributed by atoms with E-state index in [-0.39, 0.29) is 47.5 Å². The van der Waals surface area contributed by atoms with Crippen molar-refractivity contribution in [2.75, 3.05) is 13.4 Å². The van der Waals surface area contributed by atoms with Gasteiger partial charge < -0.3 is 18.8 Å². The maximum Gasteiger partial charge on any atom is 0.341 e. The number of benzene rings is 2. The Morgan fingerprint density at radius 1 is 1.00 bits per heavy atom. The molecule has 3 aromatic heterocycles. The van der Waals surface area contributed by atoms with Gasteiger partial charge in [-0.1, -0.05) is 36.4 Å². The SMILES string of the molecule is CCOC(=O)c1cc2c(=O)n3ccccc3nc2n(CCc2ccccc2)c1=NC(=O)c1ccc2c(c1)OCO2. The van der Waals surface area contributed by atoms with Gasteiger partial charge in [-0.05, 0) is 55.3 Å². The molecular formula is C30H24N4O6. The summed E-state index contributed by atoms with van der Waals surface area (Å²) in [5.74, 6) is -0.339. The summed E-state index contributed by atoms with van der Waals surface area (Å²) < 4.78 is 19.1. The van der Waals surface area contributed by atoms with Crippen LogP contribution in [0.5, 0.6) is 11.5 Å². The molecule has 1 aliphatic heterocycles. The van der Waals surface area contributed by atoms with E-state index in [0.717, 1.165) is 5.56 Å². The van der Waals surface area contributed by atoms with Crippen LogP contribution in [0.4, 0.5) is 0 Å². The molecule has 0 saturated carbocycles. The molecule has 0 saturated heterocycles. The molecule has 6 rings (SSSR count). The highest BCUT2D eigenvalue weighted by molar-refractivity contribution is 5.97. The third-order valence-corrected chi connectivity index (χ3v) is 6.58. The number of fused-ring (bicyclic) bond motifs is 3. The van der Waals surface area contributed by atoms with Gasteiger partial charge in [-0.25, -0.2) is 9.78 Å². The largest absolute Gasteiger partial charge is 0.462 e. The highest BCUT2D eigenvalue weighted by Crippen LogP contribution is 2.32. The van der Waals surface area contributed by atoms with Gasteiger partial charge in [-0.3, -0.25) is 14.0 Å². The summed E-state index contributed by atoms with van der Waals surface area (Å²) in [5.41, 5.74) is 1.69. The molecule has 0 aliphatic carbocycles. The van der Waals surface area contributed by atoms with Gasteiger partial charge in [0.25, 0.3) is 11.5 Å². The molecule has 1 aliphatic rings. The molecule has 2 aromatic carbocycles. The summed E-state index contributed by atoms with van der Waals surface area (Å²) in [6, 6.07) is 21.1. The maximum absolute atomic E-state index is 13.5. The zero-order chi connectivity index (χ0) is 27.6. The number of nitrogens with zero attached hydrogens (tertiary/aromatic N) is 4. The van der Waals surface area contributed by atoms with Crippen molar-refractivity contribution < 1.29 is 23.8 Å². The highest BCUT2D eigenvalue weighted by Gasteiger charge is 2.21. The van der Waals surface area contributed by atoms with Crippen LogP contribution in [0.1, 0.15) is 33.2 Å². The van der Waals surface area contributed by atoms with Crippen LogP contribution in [0, 0.1) is 0 Å². The second kappa shape index (κ2) is 10.5. The molecule has 0 N–H and O–H groups in total. The molecule has 0 radical (unpaired) electrons. The average Bonchev–Trinajstić information content (AvgIpc) is 3.45. The van der Waals surface area contributed by atoms with Crippen LogP contribution in [-0.2, 0) is 17.7 Å². The first-order valence-corrected chi connectivity index (χ1v) is 12.8. The minimum atomic E-state index is -0.701. The quantitative estimate of drug-likeness (QED) is 0.241. The zero-order valence-corrected chi connectivity index (χ0v) is 21.6. The lowest BCUT2D eigenvalue weighted by Gasteiger charge is -2.15. The molecule has 1 amide bonds. The van der Waals surface area contributed by atoms with E-state index in [1.807, 2.05) is 30.3 Å². The van der Waals surface area contributed by atoms with Crippen molar-refractivity contribution in [2.45, 2.75) is 19.9 Å². The van der Waals surface area contributed by atoms with E-state index in [4.69, 9.17) is 19.2 Å². The minimum Gasteiger partial charge on any atom is -0.462 e. The fourth-order valence-corrected chi connectivity index (χ4v) is 4.65. The van der Waals surface area contributed by atoms with Crippen molar-refractivity contribution in [2.24, 2.45) is 4.99 Å². The van der Waals surface area contributed by atoms with Gasteiger partial charge in [0.2, 0.25) is 6.79 Å². The Labute approximate surface area is 227 Å². The summed E-state index contributed by atoms with van der Waals surface area (Å²) in [6.07, 6.45) is 2.15. The lowest BCUT2D eigenvalue weighted by molar-refractivity contribution is 0.0523. The highest BCUT2D eigenvalue weighted by atomic mass is 16.7. The molecular weight excluding hydrogens is 512 g/mol. The first-order chi connectivity index (χ1) is 19.5. The van der Waals surface area contributed by atoms with Crippen molar-refractivity contribution in [3.63, 3.8) is 0 Å². The minimum absolute atomic E-state index is 0.00807. The number of esters is 1. The third-order valence-electron chi connectivity index (χ3n) is 6.58. The van der Waals surface area contributed by atoms with Crippen molar-refractivity contribution in [3.8, 4) is 11.5 Å². The Hall–Kier alpha value is -5.25. The van der Waals surface area contributed by atoms with Gasteiger partial charge in [-0.15, -0.1) is 0 Å². The van der Waals surface area contributed by atoms with Crippen LogP contribution in [0.25, 0.3) is 16.7 Å². The first-order valence-electron chi connectivity index (χ1n) is 12.8. The molecule has 0 atom stereocenters. The van der Waals surface area contributed by atoms with E-state index in [1.54, 1.807) is 54.1 Å². The summed E-state index contributed by atoms with van der Waals surface area (Å²) >= 11 is 0. The van der Waals surface area contributed by atoms with E-state index >= 15 is 0 Å². The number of carbonyl (C=O) groups excluding carboxylic acids is 2. The van der Waals surface area contributed by atoms with Crippen LogP contribution in [0.15, 0.2) is 88.8 Å². The van der Waals surface area contributed by atoms with Crippen molar-refractivity contribution in [3.05, 3.63) is 112 Å². The van der Waals surface area contributed by atoms with E-state index in [1.165, 1.54) is 10.5 Å². The molecule has 5 aromatic rings. The van der Waals surface area contributed by atoms with Crippen LogP contribution < -0.4 is 20.5 Å². The van der Waals surface area contributed by atoms with Crippen LogP contribution in [0.3, 0.4) is 0 Å². The normalized spacial score (nSPS) is 12.7. The molecule has 200 valence electrons. The second-order valence-electron chi connectivity index (χ2n) is 9.06. The summed E-state index contributed by atoms with van der Waals surface area (Å²) in [7, 11) is 0. The lowest BCUT2D eigenvalue weighted by Crippen LogP contribution is -2.33. The predicted molar refractivity (Wildman–Crippen MR) is 146 cm³/mol. The van der Waals surface area contributed by atoms with E-state index in [9.17, 15) is 14.4 Å². The first kappa shape index (κ1) is 25.1. The summed E-state index contributed by atoms with van der Waals surface area (Å²) in [5, 5.41) is 0.203. The number of ether oxygens (including phenoxy) is 3. The second-order valence-corrected chi connectivity index (χ2v) is 9.06. The smallest absolute Gasteiger partial charge is 0.341 e. The number of rotatable bonds is 6. The maximum atomic E-state index is 13.5. The van der Waals surface area contributed by atoms with Gasteiger partial charge in [0.15, 0.2) is 17.0 Å². The summed E-state index contributed by atoms with van der Waals surface area (Å²) in [6.45, 7) is 2.14. The number of carbonyl (C=O) groups is 2. The van der Waals surface area contributed by atoms with Crippen molar-refractivity contribution in [1.29, 1.82) is 0 Å². The van der Waals surface area contributed by atoms with E-state index in [2.05, 4.69) is 4.99 Å². The van der Waals surface area contributed by atoms with Gasteiger partial charge in [0, 0.05) is 18.3 Å². The van der Waals surface area contributed by atoms with Crippen LogP contribution in [0.2, 0.25) is 0 Å². The Morgan fingerprint density at radius 3 is 2.62 bits per heavy atom. The number of amides is 1. The number of hydrogen-bond acceptors (Lipinski definition) is 7. The Morgan fingerprint density at radius 2 is 1.80 bits per heavy atom. The molecule has 0 spiro atoms. The van der Waals surface area contributed by atoms with Crippen LogP contribution in [-0.4, -0.2) is 39.2 Å². The molecule has 0 unspecified atom stereocenters. The third kappa shape index (κ3) is 4.60. The predicted octanol–water partition coefficient (Wildman–Crippen LogP) is 3.54. The Kier molecular flexibility index (Phi) is 6.57. The van der Waals surface area contributed by atoms with Gasteiger partial charge in [0.1, 0.15) is 16.9 Å². The topological polar surface area (TPSA) is 113 Å². The van der Waals surface area contributed by atoms with Crippen molar-refractivity contribution >= 4 is 28.6 Å². The number of hydrogen-bond donors (Lipinski definition) is 0. The van der Waals surface area contributed by atoms with Gasteiger partial charge in [-0.2, -0.15) is 4.99 Å². The standard InChI is InChI=1S/C30H24N4O6/c1-2-38-30(37)22-17-21-26(31-25-10-6-7-14-33(25)29(21)36)34(15-13-19-8-4-3-5-9-19)27(22)32-28(35)20-11-12-23-24(16-20)40-18-39-23/h3-12,14,16-17H,2,13,15,18H2,1H3. The fraction of sp³-hybridized carbons (Fsp3) is 0.167. The van der Waals surface area contributed by atoms with Crippen LogP contribution >= 0.6 is 0 Å². The number of pyridine rings is 2. The van der Waals surface area contributed by atoms with Gasteiger partial charge >= 0.3 is 5.97 Å². The molecule has 40 heavy (non-hydrogen) atoms. The Bertz CT molecular complexity index is 1910. The Balaban J connectivity index is 1.62. The monoisotopic (exact) mass is 536 g/mol. The number of aryl methyl sites for hydroxylation is 2. The number of aromatic nitrogens is 3. The zero-order valence-electron chi connectivity index (χ0n) is 21.6. The molecule has 4 heterocycles. The van der Waals surface area contributed by atoms with Crippen molar-refractivity contribution in [1.82, 2.24) is 14.0 Å². The van der Waals surface area contributed by atoms with E-state index in [0.29, 0.717) is 29.2 Å². The summed E-state index contributed by atoms with van der Waals surface area (Å²) in [4.78, 5) is 49.4. The average molecular weight is 537 g/mol. The molecule has 10 nitrogen and oxygen atoms in total. The van der Waals surface area contributed by atoms with Gasteiger partial charge in [0.05, 0.1) is 12.0 Å². The van der Waals surface area contributed by atoms with E-state index < -0.39 is 11.9 Å². The molecule has 0 bridgehead atoms. The fourth-order valence-electron chi connectivity index (χ4n) is 4.65. The molecule has 10 heteroatoms. The lowest BCUT2D eigenvalue weighted by atomic mass is 10.1. The molecule has 0 fully saturated rings.